The van der Waals surface area contributed by atoms with Crippen LogP contribution in [0.25, 0.3) is 0 Å². The standard InChI is InChI=1S/CH3N2.Li/c2-1-3;/h(H3,2,3);. The molecule has 3 heteroatoms. The topological polar surface area (TPSA) is 49.9 Å². The van der Waals surface area contributed by atoms with E-state index in [9.17, 15) is 0 Å². The molecule has 18 valence electrons. The maximum atomic E-state index is 6.28. The molecule has 0 aliphatic rings. The summed E-state index contributed by atoms with van der Waals surface area (Å²) in [5, 5.41) is 6.28. The summed E-state index contributed by atoms with van der Waals surface area (Å²) in [7, 11) is 0. The molecular formula is CH3LiN2. The first-order valence-corrected chi connectivity index (χ1v) is 1.04. The fraction of sp³-hybridized carbons (Fsp3) is 0. The van der Waals surface area contributed by atoms with Gasteiger partial charge in [0, 0.05) is 0 Å². The van der Waals surface area contributed by atoms with Crippen LogP contribution in [-0.2, 0) is 0 Å². The first-order valence-electron chi connectivity index (χ1n) is 1.04. The van der Waals surface area contributed by atoms with Crippen molar-refractivity contribution in [2.45, 2.75) is 0 Å². The fourth-order valence-electron chi connectivity index (χ4n) is 0. The van der Waals surface area contributed by atoms with Gasteiger partial charge >= 0.3 is 33.4 Å². The molecule has 0 saturated carbocycles. The second-order valence-electron chi connectivity index (χ2n) is 0.683. The Kier molecular flexibility index (Phi) is 1.42. The summed E-state index contributed by atoms with van der Waals surface area (Å²) >= 11 is 1.53. The zero-order valence-electron chi connectivity index (χ0n) is 2.58. The minimum absolute atomic E-state index is 0.167. The third kappa shape index (κ3) is 518. The molecule has 0 amide bonds. The Hall–Kier alpha value is 0.0674. The van der Waals surface area contributed by atoms with E-state index in [2.05, 4.69) is 0 Å². The average Bonchev–Trinajstić information content (AvgIpc) is 0.811. The molecule has 0 aromatic rings. The minimum atomic E-state index is 0.167. The number of nitrogens with two attached hydrogens (primary N) is 1. The Morgan fingerprint density at radius 2 is 2.00 bits per heavy atom. The van der Waals surface area contributed by atoms with E-state index in [1.165, 1.54) is 17.7 Å². The van der Waals surface area contributed by atoms with Gasteiger partial charge in [-0.25, -0.2) is 0 Å². The van der Waals surface area contributed by atoms with Gasteiger partial charge in [-0.2, -0.15) is 0 Å². The number of rotatable bonds is 0. The van der Waals surface area contributed by atoms with E-state index < -0.39 is 0 Å². The molecule has 4 heavy (non-hydrogen) atoms. The van der Waals surface area contributed by atoms with Gasteiger partial charge < -0.3 is 0 Å². The second kappa shape index (κ2) is 1.39. The first kappa shape index (κ1) is 4.07. The van der Waals surface area contributed by atoms with Gasteiger partial charge in [-0.3, -0.25) is 0 Å². The zero-order chi connectivity index (χ0) is 3.58. The third-order valence-electron chi connectivity index (χ3n) is 0. The molecule has 0 atom stereocenters. The molecule has 0 rings (SSSR count). The molecule has 0 unspecified atom stereocenters. The van der Waals surface area contributed by atoms with Crippen molar-refractivity contribution in [3.63, 3.8) is 0 Å². The van der Waals surface area contributed by atoms with Crippen molar-refractivity contribution >= 4 is 22.2 Å². The quantitative estimate of drug-likeness (QED) is 0.207. The number of amidine groups is 1. The molecule has 0 aliphatic heterocycles. The molecule has 0 aliphatic carbocycles. The van der Waals surface area contributed by atoms with Crippen LogP contribution in [0.4, 0.5) is 0 Å². The second-order valence-corrected chi connectivity index (χ2v) is 0.683. The van der Waals surface area contributed by atoms with Gasteiger partial charge in [0.15, 0.2) is 0 Å². The van der Waals surface area contributed by atoms with E-state index in [-0.39, 0.29) is 4.51 Å². The van der Waals surface area contributed by atoms with Crippen LogP contribution in [0.5, 0.6) is 0 Å². The molecule has 0 aromatic carbocycles. The summed E-state index contributed by atoms with van der Waals surface area (Å²) < 4.78 is 0.167. The van der Waals surface area contributed by atoms with Gasteiger partial charge in [-0.15, -0.1) is 0 Å². The Balaban J connectivity index is 2.80. The van der Waals surface area contributed by atoms with Gasteiger partial charge in [-0.05, 0) is 0 Å². The Labute approximate surface area is 34.1 Å². The van der Waals surface area contributed by atoms with Gasteiger partial charge in [0.1, 0.15) is 0 Å². The summed E-state index contributed by atoms with van der Waals surface area (Å²) in [6.07, 6.45) is 0. The first-order chi connectivity index (χ1) is 1.73. The Morgan fingerprint density at radius 3 is 2.00 bits per heavy atom. The molecule has 0 bridgehead atoms. The fourth-order valence-corrected chi connectivity index (χ4v) is 0. The van der Waals surface area contributed by atoms with Gasteiger partial charge in [0.25, 0.3) is 0 Å². The van der Waals surface area contributed by atoms with Crippen LogP contribution in [0.2, 0.25) is 0 Å². The third-order valence-corrected chi connectivity index (χ3v) is 0. The van der Waals surface area contributed by atoms with Crippen molar-refractivity contribution in [1.29, 1.82) is 5.41 Å². The number of hydrogen-bond donors (Lipinski definition) is 2. The maximum absolute atomic E-state index is 6.28. The zero-order valence-corrected chi connectivity index (χ0v) is 2.58. The summed E-state index contributed by atoms with van der Waals surface area (Å²) in [5.74, 6) is 0. The van der Waals surface area contributed by atoms with Crippen molar-refractivity contribution in [3.05, 3.63) is 0 Å². The van der Waals surface area contributed by atoms with Crippen molar-refractivity contribution in [2.75, 3.05) is 0 Å². The molecule has 0 fully saturated rings. The SMILES string of the molecule is [Li][C](=N)N. The summed E-state index contributed by atoms with van der Waals surface area (Å²) in [5.41, 5.74) is 4.69. The van der Waals surface area contributed by atoms with E-state index >= 15 is 0 Å². The summed E-state index contributed by atoms with van der Waals surface area (Å²) in [6, 6.07) is 0. The van der Waals surface area contributed by atoms with Crippen LogP contribution in [0.1, 0.15) is 0 Å². The van der Waals surface area contributed by atoms with Crippen LogP contribution < -0.4 is 5.73 Å². The Morgan fingerprint density at radius 1 is 2.00 bits per heavy atom. The molecule has 0 saturated heterocycles. The summed E-state index contributed by atoms with van der Waals surface area (Å²) in [6.45, 7) is 0. The van der Waals surface area contributed by atoms with E-state index in [0.29, 0.717) is 0 Å². The molecule has 0 radical (unpaired) electrons. The van der Waals surface area contributed by atoms with Crippen LogP contribution in [-0.4, -0.2) is 22.2 Å². The van der Waals surface area contributed by atoms with Crippen LogP contribution in [0.3, 0.4) is 0 Å². The van der Waals surface area contributed by atoms with Crippen molar-refractivity contribution in [2.24, 2.45) is 5.73 Å². The van der Waals surface area contributed by atoms with Crippen LogP contribution in [0.15, 0.2) is 0 Å². The van der Waals surface area contributed by atoms with Crippen molar-refractivity contribution in [1.82, 2.24) is 0 Å². The van der Waals surface area contributed by atoms with Gasteiger partial charge in [0.05, 0.1) is 0 Å². The number of nitrogens with one attached hydrogen (secondary N) is 1. The molecule has 0 spiro atoms. The van der Waals surface area contributed by atoms with E-state index in [0.717, 1.165) is 0 Å². The monoisotopic (exact) mass is 50.0 g/mol. The van der Waals surface area contributed by atoms with Crippen molar-refractivity contribution in [3.8, 4) is 0 Å². The summed E-state index contributed by atoms with van der Waals surface area (Å²) in [4.78, 5) is 0. The van der Waals surface area contributed by atoms with E-state index in [1.54, 1.807) is 0 Å². The van der Waals surface area contributed by atoms with Crippen LogP contribution in [0, 0.1) is 5.41 Å². The Bertz CT molecular complexity index is 29.0. The normalized spacial score (nSPS) is 6.50. The van der Waals surface area contributed by atoms with E-state index in [1.807, 2.05) is 0 Å². The number of hydrogen-bond acceptors (Lipinski definition) is 1. The molecular weight excluding hydrogens is 47.0 g/mol. The molecule has 0 heterocycles. The predicted octanol–water partition coefficient (Wildman–Crippen LogP) is -0.952. The van der Waals surface area contributed by atoms with E-state index in [4.69, 9.17) is 11.1 Å². The van der Waals surface area contributed by atoms with Crippen molar-refractivity contribution < 1.29 is 0 Å². The van der Waals surface area contributed by atoms with Gasteiger partial charge in [0.2, 0.25) is 0 Å². The average molecular weight is 50.0 g/mol. The molecule has 0 aromatic heterocycles. The van der Waals surface area contributed by atoms with Gasteiger partial charge in [-0.1, -0.05) is 0 Å². The molecule has 2 nitrogen and oxygen atoms in total. The predicted molar refractivity (Wildman–Crippen MR) is 17.7 cm³/mol. The molecule has 3 N–H and O–H groups in total. The van der Waals surface area contributed by atoms with Crippen LogP contribution >= 0.6 is 0 Å².